The number of hydrogen-bond acceptors (Lipinski definition) is 6. The van der Waals surface area contributed by atoms with E-state index >= 15 is 0 Å². The Kier molecular flexibility index (Phi) is 3.79. The topological polar surface area (TPSA) is 68.9 Å². The molecule has 4 aromatic rings. The van der Waals surface area contributed by atoms with Crippen molar-refractivity contribution in [2.45, 2.75) is 6.42 Å². The van der Waals surface area contributed by atoms with Crippen LogP contribution in [0.1, 0.15) is 11.4 Å². The fourth-order valence-electron chi connectivity index (χ4n) is 2.48. The number of benzene rings is 1. The van der Waals surface area contributed by atoms with Crippen molar-refractivity contribution < 1.29 is 4.92 Å². The van der Waals surface area contributed by atoms with Gasteiger partial charge in [-0.2, -0.15) is 0 Å². The number of nitrogens with zero attached hydrogens (tertiary/aromatic N) is 3. The maximum Gasteiger partial charge on any atom is 0.269 e. The van der Waals surface area contributed by atoms with E-state index in [2.05, 4.69) is 26.8 Å². The Labute approximate surface area is 145 Å². The van der Waals surface area contributed by atoms with Crippen molar-refractivity contribution in [1.82, 2.24) is 9.97 Å². The molecule has 0 saturated heterocycles. The Hall–Kier alpha value is -2.64. The fourth-order valence-corrected chi connectivity index (χ4v) is 4.24. The SMILES string of the molecule is O=[N+]([O-])c1ccc(Cc2ncc3c(-c4cccs4)csc3n2)cc1. The van der Waals surface area contributed by atoms with Gasteiger partial charge in [0.15, 0.2) is 0 Å². The lowest BCUT2D eigenvalue weighted by Gasteiger charge is -2.01. The smallest absolute Gasteiger partial charge is 0.258 e. The molecule has 0 aliphatic heterocycles. The summed E-state index contributed by atoms with van der Waals surface area (Å²) in [7, 11) is 0. The van der Waals surface area contributed by atoms with E-state index in [1.807, 2.05) is 12.3 Å². The van der Waals surface area contributed by atoms with Crippen molar-refractivity contribution in [1.29, 1.82) is 0 Å². The highest BCUT2D eigenvalue weighted by atomic mass is 32.1. The van der Waals surface area contributed by atoms with Gasteiger partial charge in [0.2, 0.25) is 0 Å². The third-order valence-electron chi connectivity index (χ3n) is 3.68. The highest BCUT2D eigenvalue weighted by Gasteiger charge is 2.11. The van der Waals surface area contributed by atoms with Gasteiger partial charge in [-0.05, 0) is 17.0 Å². The van der Waals surface area contributed by atoms with Crippen LogP contribution >= 0.6 is 22.7 Å². The summed E-state index contributed by atoms with van der Waals surface area (Å²) in [6, 6.07) is 10.6. The van der Waals surface area contributed by atoms with Gasteiger partial charge in [-0.15, -0.1) is 22.7 Å². The Balaban J connectivity index is 1.62. The predicted molar refractivity (Wildman–Crippen MR) is 96.6 cm³/mol. The van der Waals surface area contributed by atoms with Crippen molar-refractivity contribution >= 4 is 38.6 Å². The van der Waals surface area contributed by atoms with Gasteiger partial charge in [0.1, 0.15) is 10.7 Å². The maximum atomic E-state index is 10.7. The molecule has 0 fully saturated rings. The second-order valence-corrected chi connectivity index (χ2v) is 7.04. The molecule has 0 aliphatic rings. The molecule has 0 aliphatic carbocycles. The predicted octanol–water partition coefficient (Wildman–Crippen LogP) is 4.92. The third kappa shape index (κ3) is 2.79. The highest BCUT2D eigenvalue weighted by molar-refractivity contribution is 7.18. The molecule has 0 spiro atoms. The maximum absolute atomic E-state index is 10.7. The molecular weight excluding hydrogens is 342 g/mol. The molecule has 0 radical (unpaired) electrons. The summed E-state index contributed by atoms with van der Waals surface area (Å²) in [5.74, 6) is 0.718. The average molecular weight is 353 g/mol. The minimum Gasteiger partial charge on any atom is -0.258 e. The Bertz CT molecular complexity index is 1010. The van der Waals surface area contributed by atoms with Crippen molar-refractivity contribution in [2.24, 2.45) is 0 Å². The largest absolute Gasteiger partial charge is 0.269 e. The van der Waals surface area contributed by atoms with E-state index in [-0.39, 0.29) is 5.69 Å². The number of aromatic nitrogens is 2. The molecule has 0 N–H and O–H groups in total. The molecule has 4 rings (SSSR count). The summed E-state index contributed by atoms with van der Waals surface area (Å²) in [6.45, 7) is 0. The number of thiophene rings is 2. The minimum absolute atomic E-state index is 0.0916. The van der Waals surface area contributed by atoms with Gasteiger partial charge in [0.25, 0.3) is 5.69 Å². The molecule has 3 heterocycles. The first-order valence-electron chi connectivity index (χ1n) is 7.21. The molecule has 118 valence electrons. The molecule has 7 heteroatoms. The van der Waals surface area contributed by atoms with Crippen LogP contribution in [0.3, 0.4) is 0 Å². The Morgan fingerprint density at radius 1 is 1.12 bits per heavy atom. The Morgan fingerprint density at radius 3 is 2.67 bits per heavy atom. The van der Waals surface area contributed by atoms with Crippen LogP contribution in [-0.2, 0) is 6.42 Å². The first-order chi connectivity index (χ1) is 11.7. The van der Waals surface area contributed by atoms with E-state index in [0.29, 0.717) is 6.42 Å². The molecule has 0 unspecified atom stereocenters. The van der Waals surface area contributed by atoms with Crippen LogP contribution in [0.2, 0.25) is 0 Å². The van der Waals surface area contributed by atoms with Gasteiger partial charge in [-0.1, -0.05) is 18.2 Å². The average Bonchev–Trinajstić information content (AvgIpc) is 3.24. The molecule has 0 bridgehead atoms. The van der Waals surface area contributed by atoms with Crippen molar-refractivity contribution in [3.8, 4) is 10.4 Å². The number of fused-ring (bicyclic) bond motifs is 1. The number of rotatable bonds is 4. The normalized spacial score (nSPS) is 11.0. The van der Waals surface area contributed by atoms with Gasteiger partial charge in [0, 0.05) is 46.0 Å². The van der Waals surface area contributed by atoms with Crippen LogP contribution in [0.4, 0.5) is 5.69 Å². The van der Waals surface area contributed by atoms with E-state index in [4.69, 9.17) is 0 Å². The molecular formula is C17H11N3O2S2. The summed E-state index contributed by atoms with van der Waals surface area (Å²) in [5, 5.41) is 15.9. The minimum atomic E-state index is -0.399. The lowest BCUT2D eigenvalue weighted by Crippen LogP contribution is -1.96. The molecule has 3 aromatic heterocycles. The number of nitro groups is 1. The van der Waals surface area contributed by atoms with Crippen LogP contribution in [-0.4, -0.2) is 14.9 Å². The zero-order valence-corrected chi connectivity index (χ0v) is 14.0. The molecule has 1 aromatic carbocycles. The van der Waals surface area contributed by atoms with Crippen molar-refractivity contribution in [3.63, 3.8) is 0 Å². The molecule has 0 atom stereocenters. The summed E-state index contributed by atoms with van der Waals surface area (Å²) >= 11 is 3.31. The van der Waals surface area contributed by atoms with Gasteiger partial charge in [-0.3, -0.25) is 10.1 Å². The molecule has 5 nitrogen and oxygen atoms in total. The molecule has 24 heavy (non-hydrogen) atoms. The van der Waals surface area contributed by atoms with Crippen molar-refractivity contribution in [3.05, 3.63) is 74.9 Å². The highest BCUT2D eigenvalue weighted by Crippen LogP contribution is 2.35. The quantitative estimate of drug-likeness (QED) is 0.386. The first-order valence-corrected chi connectivity index (χ1v) is 8.97. The Morgan fingerprint density at radius 2 is 1.96 bits per heavy atom. The fraction of sp³-hybridized carbons (Fsp3) is 0.0588. The van der Waals surface area contributed by atoms with E-state index in [1.165, 1.54) is 22.6 Å². The van der Waals surface area contributed by atoms with Crippen LogP contribution in [0.5, 0.6) is 0 Å². The summed E-state index contributed by atoms with van der Waals surface area (Å²) in [6.07, 6.45) is 2.43. The van der Waals surface area contributed by atoms with E-state index < -0.39 is 4.92 Å². The van der Waals surface area contributed by atoms with Gasteiger partial charge in [-0.25, -0.2) is 9.97 Å². The lowest BCUT2D eigenvalue weighted by atomic mass is 10.1. The van der Waals surface area contributed by atoms with Gasteiger partial charge in [0.05, 0.1) is 4.92 Å². The van der Waals surface area contributed by atoms with Crippen LogP contribution in [0.25, 0.3) is 20.7 Å². The van der Waals surface area contributed by atoms with E-state index in [1.54, 1.807) is 34.8 Å². The second-order valence-electron chi connectivity index (χ2n) is 5.23. The van der Waals surface area contributed by atoms with Crippen LogP contribution < -0.4 is 0 Å². The van der Waals surface area contributed by atoms with Gasteiger partial charge < -0.3 is 0 Å². The second kappa shape index (κ2) is 6.10. The van der Waals surface area contributed by atoms with Gasteiger partial charge >= 0.3 is 0 Å². The zero-order valence-electron chi connectivity index (χ0n) is 12.4. The number of hydrogen-bond donors (Lipinski definition) is 0. The molecule has 0 saturated carbocycles. The standard InChI is InChI=1S/C17H11N3O2S2/c21-20(22)12-5-3-11(4-6-12)8-16-18-9-13-14(10-24-17(13)19-16)15-2-1-7-23-15/h1-7,9-10H,8H2. The van der Waals surface area contributed by atoms with E-state index in [9.17, 15) is 10.1 Å². The van der Waals surface area contributed by atoms with Crippen molar-refractivity contribution in [2.75, 3.05) is 0 Å². The van der Waals surface area contributed by atoms with Crippen LogP contribution in [0.15, 0.2) is 53.4 Å². The third-order valence-corrected chi connectivity index (χ3v) is 5.47. The lowest BCUT2D eigenvalue weighted by molar-refractivity contribution is -0.384. The summed E-state index contributed by atoms with van der Waals surface area (Å²) < 4.78 is 0. The number of non-ortho nitro benzene ring substituents is 1. The zero-order chi connectivity index (χ0) is 16.5. The van der Waals surface area contributed by atoms with Crippen LogP contribution in [0, 0.1) is 10.1 Å². The first kappa shape index (κ1) is 14.9. The number of nitro benzene ring substituents is 1. The summed E-state index contributed by atoms with van der Waals surface area (Å²) in [4.78, 5) is 21.6. The summed E-state index contributed by atoms with van der Waals surface area (Å²) in [5.41, 5.74) is 2.22. The molecule has 0 amide bonds. The monoisotopic (exact) mass is 353 g/mol. The van der Waals surface area contributed by atoms with E-state index in [0.717, 1.165) is 21.6 Å².